The molecule has 0 radical (unpaired) electrons. The molecule has 1 aromatic heterocycles. The predicted molar refractivity (Wildman–Crippen MR) is 80.8 cm³/mol. The molecule has 9 heteroatoms. The van der Waals surface area contributed by atoms with Crippen LogP contribution in [0.15, 0.2) is 35.5 Å². The van der Waals surface area contributed by atoms with Crippen molar-refractivity contribution in [3.8, 4) is 0 Å². The van der Waals surface area contributed by atoms with Gasteiger partial charge in [-0.3, -0.25) is 4.79 Å². The van der Waals surface area contributed by atoms with Crippen molar-refractivity contribution in [2.24, 2.45) is 0 Å². The van der Waals surface area contributed by atoms with Gasteiger partial charge in [-0.25, -0.2) is 4.79 Å². The average Bonchev–Trinajstić information content (AvgIpc) is 3.01. The number of nitrogens with one attached hydrogen (secondary N) is 1. The number of hydrogen-bond acceptors (Lipinski definition) is 7. The van der Waals surface area contributed by atoms with Gasteiger partial charge in [-0.1, -0.05) is 34.9 Å². The standard InChI is InChI=1S/C14H12ClN5O3/c1-7(21)10-11(13(22)23-2)16-14-17-18-19-20(14)12(10)8-5-3-4-6-9(8)15/h3-6,12H,1-2H3,(H,16,17,19). The molecule has 1 aliphatic heterocycles. The highest BCUT2D eigenvalue weighted by Gasteiger charge is 2.37. The number of aromatic nitrogens is 4. The molecule has 8 nitrogen and oxygen atoms in total. The molecule has 0 aliphatic carbocycles. The Morgan fingerprint density at radius 1 is 1.35 bits per heavy atom. The smallest absolute Gasteiger partial charge is 0.355 e. The molecule has 1 aliphatic rings. The van der Waals surface area contributed by atoms with Crippen LogP contribution in [-0.4, -0.2) is 39.1 Å². The van der Waals surface area contributed by atoms with Crippen molar-refractivity contribution in [2.45, 2.75) is 13.0 Å². The van der Waals surface area contributed by atoms with Crippen molar-refractivity contribution in [1.82, 2.24) is 20.2 Å². The second kappa shape index (κ2) is 5.81. The van der Waals surface area contributed by atoms with E-state index in [1.54, 1.807) is 24.3 Å². The van der Waals surface area contributed by atoms with Crippen molar-refractivity contribution in [2.75, 3.05) is 12.4 Å². The molecule has 0 spiro atoms. The van der Waals surface area contributed by atoms with E-state index in [0.717, 1.165) is 0 Å². The van der Waals surface area contributed by atoms with Gasteiger partial charge in [0.05, 0.1) is 12.7 Å². The Kier molecular flexibility index (Phi) is 3.83. The molecule has 0 saturated carbocycles. The molecule has 2 aromatic rings. The Morgan fingerprint density at radius 2 is 2.09 bits per heavy atom. The number of allylic oxidation sites excluding steroid dienone is 1. The van der Waals surface area contributed by atoms with Crippen molar-refractivity contribution < 1.29 is 14.3 Å². The quantitative estimate of drug-likeness (QED) is 0.846. The normalized spacial score (nSPS) is 16.6. The molecule has 0 amide bonds. The molecule has 118 valence electrons. The number of rotatable bonds is 3. The van der Waals surface area contributed by atoms with Gasteiger partial charge >= 0.3 is 5.97 Å². The first-order valence-corrected chi connectivity index (χ1v) is 7.05. The Bertz CT molecular complexity index is 829. The summed E-state index contributed by atoms with van der Waals surface area (Å²) in [5.74, 6) is -0.772. The van der Waals surface area contributed by atoms with Gasteiger partial charge in [0.15, 0.2) is 5.78 Å². The minimum Gasteiger partial charge on any atom is -0.464 e. The van der Waals surface area contributed by atoms with Gasteiger partial charge < -0.3 is 10.1 Å². The fourth-order valence-corrected chi connectivity index (χ4v) is 2.74. The molecule has 0 fully saturated rings. The maximum absolute atomic E-state index is 12.2. The summed E-state index contributed by atoms with van der Waals surface area (Å²) in [6, 6.07) is 6.27. The second-order valence-electron chi connectivity index (χ2n) is 4.83. The van der Waals surface area contributed by atoms with Crippen LogP contribution in [-0.2, 0) is 14.3 Å². The Balaban J connectivity index is 2.29. The number of hydrogen-bond donors (Lipinski definition) is 1. The third kappa shape index (κ3) is 2.46. The number of ether oxygens (including phenoxy) is 1. The van der Waals surface area contributed by atoms with E-state index in [1.807, 2.05) is 0 Å². The number of carbonyl (C=O) groups excluding carboxylic acids is 2. The Hall–Kier alpha value is -2.74. The molecule has 23 heavy (non-hydrogen) atoms. The van der Waals surface area contributed by atoms with E-state index in [0.29, 0.717) is 10.6 Å². The number of nitrogens with zero attached hydrogens (tertiary/aromatic N) is 4. The number of methoxy groups -OCH3 is 1. The Morgan fingerprint density at radius 3 is 2.74 bits per heavy atom. The van der Waals surface area contributed by atoms with Crippen LogP contribution >= 0.6 is 11.6 Å². The fourth-order valence-electron chi connectivity index (χ4n) is 2.50. The second-order valence-corrected chi connectivity index (χ2v) is 5.24. The number of esters is 1. The van der Waals surface area contributed by atoms with Crippen LogP contribution in [0.25, 0.3) is 0 Å². The van der Waals surface area contributed by atoms with Gasteiger partial charge in [0.1, 0.15) is 11.7 Å². The summed E-state index contributed by atoms with van der Waals surface area (Å²) in [6.45, 7) is 1.36. The van der Waals surface area contributed by atoms with Crippen LogP contribution in [0.4, 0.5) is 5.95 Å². The van der Waals surface area contributed by atoms with Crippen LogP contribution in [0.2, 0.25) is 5.02 Å². The number of anilines is 1. The SMILES string of the molecule is COC(=O)C1=C(C(C)=O)C(c2ccccc2Cl)n2nnnc2N1. The van der Waals surface area contributed by atoms with Gasteiger partial charge in [-0.15, -0.1) is 0 Å². The van der Waals surface area contributed by atoms with Crippen molar-refractivity contribution in [3.63, 3.8) is 0 Å². The summed E-state index contributed by atoms with van der Waals surface area (Å²) >= 11 is 6.27. The van der Waals surface area contributed by atoms with Crippen LogP contribution in [0, 0.1) is 0 Å². The molecule has 1 unspecified atom stereocenters. The summed E-state index contributed by atoms with van der Waals surface area (Å²) in [6.07, 6.45) is 0. The van der Waals surface area contributed by atoms with E-state index in [9.17, 15) is 9.59 Å². The summed E-state index contributed by atoms with van der Waals surface area (Å²) in [5.41, 5.74) is 0.799. The third-order valence-electron chi connectivity index (χ3n) is 3.49. The van der Waals surface area contributed by atoms with Crippen molar-refractivity contribution in [3.05, 3.63) is 46.1 Å². The van der Waals surface area contributed by atoms with Gasteiger partial charge in [0.2, 0.25) is 5.95 Å². The number of tetrazole rings is 1. The van der Waals surface area contributed by atoms with Crippen LogP contribution in [0.3, 0.4) is 0 Å². The number of fused-ring (bicyclic) bond motifs is 1. The molecule has 3 rings (SSSR count). The topological polar surface area (TPSA) is 99.0 Å². The lowest BCUT2D eigenvalue weighted by Crippen LogP contribution is -2.32. The number of benzene rings is 1. The zero-order chi connectivity index (χ0) is 16.6. The lowest BCUT2D eigenvalue weighted by atomic mass is 9.93. The molecule has 1 N–H and O–H groups in total. The lowest BCUT2D eigenvalue weighted by Gasteiger charge is -2.27. The predicted octanol–water partition coefficient (Wildman–Crippen LogP) is 1.36. The van der Waals surface area contributed by atoms with Gasteiger partial charge in [-0.05, 0) is 23.4 Å². The van der Waals surface area contributed by atoms with Gasteiger partial charge in [0.25, 0.3) is 0 Å². The molecular weight excluding hydrogens is 322 g/mol. The van der Waals surface area contributed by atoms with Crippen molar-refractivity contribution >= 4 is 29.3 Å². The third-order valence-corrected chi connectivity index (χ3v) is 3.83. The maximum atomic E-state index is 12.2. The van der Waals surface area contributed by atoms with E-state index >= 15 is 0 Å². The van der Waals surface area contributed by atoms with E-state index in [2.05, 4.69) is 20.8 Å². The summed E-state index contributed by atoms with van der Waals surface area (Å²) < 4.78 is 6.16. The zero-order valence-electron chi connectivity index (χ0n) is 12.3. The molecule has 1 atom stereocenters. The van der Waals surface area contributed by atoms with Gasteiger partial charge in [0, 0.05) is 10.6 Å². The molecule has 2 heterocycles. The number of ketones is 1. The number of carbonyl (C=O) groups is 2. The summed E-state index contributed by atoms with van der Waals surface area (Å²) in [4.78, 5) is 24.3. The highest BCUT2D eigenvalue weighted by Crippen LogP contribution is 2.37. The summed E-state index contributed by atoms with van der Waals surface area (Å²) in [5, 5.41) is 14.5. The zero-order valence-corrected chi connectivity index (χ0v) is 13.0. The van der Waals surface area contributed by atoms with Crippen LogP contribution in [0.1, 0.15) is 18.5 Å². The fraction of sp³-hybridized carbons (Fsp3) is 0.214. The minimum absolute atomic E-state index is 0.00668. The maximum Gasteiger partial charge on any atom is 0.355 e. The Labute approximate surface area is 136 Å². The van der Waals surface area contributed by atoms with Gasteiger partial charge in [-0.2, -0.15) is 4.68 Å². The monoisotopic (exact) mass is 333 g/mol. The number of halogens is 1. The average molecular weight is 334 g/mol. The minimum atomic E-state index is -0.721. The highest BCUT2D eigenvalue weighted by molar-refractivity contribution is 6.31. The van der Waals surface area contributed by atoms with E-state index in [4.69, 9.17) is 16.3 Å². The lowest BCUT2D eigenvalue weighted by molar-refractivity contribution is -0.136. The molecule has 0 saturated heterocycles. The first kappa shape index (κ1) is 15.2. The first-order valence-electron chi connectivity index (χ1n) is 6.67. The first-order chi connectivity index (χ1) is 11.0. The van der Waals surface area contributed by atoms with E-state index < -0.39 is 12.0 Å². The van der Waals surface area contributed by atoms with Crippen molar-refractivity contribution in [1.29, 1.82) is 0 Å². The van der Waals surface area contributed by atoms with Crippen LogP contribution in [0.5, 0.6) is 0 Å². The summed E-state index contributed by atoms with van der Waals surface area (Å²) in [7, 11) is 1.23. The van der Waals surface area contributed by atoms with E-state index in [-0.39, 0.29) is 23.0 Å². The molecule has 0 bridgehead atoms. The van der Waals surface area contributed by atoms with Crippen LogP contribution < -0.4 is 5.32 Å². The van der Waals surface area contributed by atoms with E-state index in [1.165, 1.54) is 18.7 Å². The largest absolute Gasteiger partial charge is 0.464 e. The highest BCUT2D eigenvalue weighted by atomic mass is 35.5. The number of Topliss-reactive ketones (excluding diaryl/α,β-unsaturated/α-hetero) is 1. The molecule has 1 aromatic carbocycles. The molecular formula is C14H12ClN5O3.